The van der Waals surface area contributed by atoms with Gasteiger partial charge < -0.3 is 14.5 Å². The summed E-state index contributed by atoms with van der Waals surface area (Å²) in [5.41, 5.74) is 0.973. The molecule has 1 aromatic carbocycles. The predicted molar refractivity (Wildman–Crippen MR) is 59.0 cm³/mol. The van der Waals surface area contributed by atoms with E-state index in [1.807, 2.05) is 30.3 Å². The molecule has 0 saturated carbocycles. The Morgan fingerprint density at radius 3 is 2.56 bits per heavy atom. The van der Waals surface area contributed by atoms with Gasteiger partial charge in [-0.05, 0) is 5.56 Å². The van der Waals surface area contributed by atoms with Crippen LogP contribution in [0, 0.1) is 0 Å². The van der Waals surface area contributed by atoms with Gasteiger partial charge in [-0.25, -0.2) is 0 Å². The average Bonchev–Trinajstić information content (AvgIpc) is 2.29. The molecule has 0 spiro atoms. The van der Waals surface area contributed by atoms with Gasteiger partial charge in [-0.15, -0.1) is 0 Å². The van der Waals surface area contributed by atoms with Crippen molar-refractivity contribution in [1.29, 1.82) is 0 Å². The fourth-order valence-corrected chi connectivity index (χ4v) is 2.37. The summed E-state index contributed by atoms with van der Waals surface area (Å²) in [5, 5.41) is 2.92. The summed E-state index contributed by atoms with van der Waals surface area (Å²) in [6.07, 6.45) is 0. The molecule has 2 rings (SSSR count). The van der Waals surface area contributed by atoms with E-state index in [4.69, 9.17) is 14.5 Å². The first-order valence-electron chi connectivity index (χ1n) is 5.01. The predicted octanol–water partition coefficient (Wildman–Crippen LogP) is 0.851. The number of ether oxygens (including phenoxy) is 1. The maximum Gasteiger partial charge on any atom is 0.344 e. The van der Waals surface area contributed by atoms with E-state index < -0.39 is 13.4 Å². The van der Waals surface area contributed by atoms with Crippen LogP contribution >= 0.6 is 7.60 Å². The van der Waals surface area contributed by atoms with E-state index in [-0.39, 0.29) is 12.6 Å². The lowest BCUT2D eigenvalue weighted by molar-refractivity contribution is 0.0590. The lowest BCUT2D eigenvalue weighted by Gasteiger charge is -2.31. The van der Waals surface area contributed by atoms with Gasteiger partial charge in [0, 0.05) is 0 Å². The molecule has 16 heavy (non-hydrogen) atoms. The molecule has 0 bridgehead atoms. The van der Waals surface area contributed by atoms with Crippen molar-refractivity contribution >= 4 is 7.60 Å². The van der Waals surface area contributed by atoms with Crippen molar-refractivity contribution < 1.29 is 19.1 Å². The summed E-state index contributed by atoms with van der Waals surface area (Å²) >= 11 is 0. The van der Waals surface area contributed by atoms with Gasteiger partial charge in [-0.1, -0.05) is 30.3 Å². The van der Waals surface area contributed by atoms with Crippen LogP contribution in [0.4, 0.5) is 0 Å². The Balaban J connectivity index is 2.11. The van der Waals surface area contributed by atoms with Crippen molar-refractivity contribution in [3.05, 3.63) is 35.9 Å². The maximum atomic E-state index is 11.1. The summed E-state index contributed by atoms with van der Waals surface area (Å²) < 4.78 is 16.3. The second kappa shape index (κ2) is 4.65. The largest absolute Gasteiger partial charge is 0.377 e. The first-order chi connectivity index (χ1) is 7.57. The van der Waals surface area contributed by atoms with Crippen molar-refractivity contribution in [2.24, 2.45) is 0 Å². The van der Waals surface area contributed by atoms with Crippen LogP contribution in [0.15, 0.2) is 30.3 Å². The number of hydrogen-bond acceptors (Lipinski definition) is 3. The van der Waals surface area contributed by atoms with E-state index in [9.17, 15) is 4.57 Å². The van der Waals surface area contributed by atoms with Crippen molar-refractivity contribution in [3.8, 4) is 0 Å². The zero-order valence-electron chi connectivity index (χ0n) is 8.61. The van der Waals surface area contributed by atoms with Gasteiger partial charge in [-0.2, -0.15) is 0 Å². The maximum absolute atomic E-state index is 11.1. The van der Waals surface area contributed by atoms with Gasteiger partial charge >= 0.3 is 7.60 Å². The minimum absolute atomic E-state index is 0.0492. The summed E-state index contributed by atoms with van der Waals surface area (Å²) in [6.45, 7) is 0.480. The van der Waals surface area contributed by atoms with E-state index in [0.29, 0.717) is 6.61 Å². The third-order valence-electron chi connectivity index (χ3n) is 2.56. The SMILES string of the molecule is O=P(O)(O)[C@@H]1COC[C@H](c2ccccc2)N1. The van der Waals surface area contributed by atoms with Gasteiger partial charge in [0.05, 0.1) is 19.3 Å². The highest BCUT2D eigenvalue weighted by molar-refractivity contribution is 7.52. The van der Waals surface area contributed by atoms with E-state index in [1.165, 1.54) is 0 Å². The number of benzene rings is 1. The molecule has 0 aliphatic carbocycles. The molecule has 1 aliphatic heterocycles. The Bertz CT molecular complexity index is 391. The topological polar surface area (TPSA) is 78.8 Å². The monoisotopic (exact) mass is 243 g/mol. The quantitative estimate of drug-likeness (QED) is 0.671. The fourth-order valence-electron chi connectivity index (χ4n) is 1.70. The number of nitrogens with one attached hydrogen (secondary N) is 1. The Kier molecular flexibility index (Phi) is 3.42. The molecule has 88 valence electrons. The lowest BCUT2D eigenvalue weighted by atomic mass is 10.1. The second-order valence-electron chi connectivity index (χ2n) is 3.77. The summed E-state index contributed by atoms with van der Waals surface area (Å²) in [6, 6.07) is 9.32. The molecular weight excluding hydrogens is 229 g/mol. The van der Waals surface area contributed by atoms with Gasteiger partial charge in [0.1, 0.15) is 5.78 Å². The highest BCUT2D eigenvalue weighted by Gasteiger charge is 2.34. The molecule has 1 aliphatic rings. The molecule has 1 saturated heterocycles. The minimum atomic E-state index is -4.14. The Hall–Kier alpha value is -0.710. The Morgan fingerprint density at radius 1 is 1.25 bits per heavy atom. The molecule has 2 atom stereocenters. The van der Waals surface area contributed by atoms with Crippen LogP contribution in [0.25, 0.3) is 0 Å². The molecule has 5 nitrogen and oxygen atoms in total. The molecule has 6 heteroatoms. The van der Waals surface area contributed by atoms with Crippen LogP contribution < -0.4 is 5.32 Å². The lowest BCUT2D eigenvalue weighted by Crippen LogP contribution is -2.43. The Morgan fingerprint density at radius 2 is 1.94 bits per heavy atom. The third-order valence-corrected chi connectivity index (χ3v) is 3.67. The number of rotatable bonds is 2. The van der Waals surface area contributed by atoms with E-state index in [0.717, 1.165) is 5.56 Å². The van der Waals surface area contributed by atoms with Crippen LogP contribution in [0.2, 0.25) is 0 Å². The van der Waals surface area contributed by atoms with Gasteiger partial charge in [0.2, 0.25) is 0 Å². The molecule has 3 N–H and O–H groups in total. The zero-order chi connectivity index (χ0) is 11.6. The van der Waals surface area contributed by atoms with Gasteiger partial charge in [-0.3, -0.25) is 9.88 Å². The Labute approximate surface area is 93.6 Å². The van der Waals surface area contributed by atoms with Crippen LogP contribution in [0.5, 0.6) is 0 Å². The van der Waals surface area contributed by atoms with Crippen LogP contribution in [-0.2, 0) is 9.30 Å². The third kappa shape index (κ3) is 2.70. The van der Waals surface area contributed by atoms with E-state index in [1.54, 1.807) is 0 Å². The fraction of sp³-hybridized carbons (Fsp3) is 0.400. The van der Waals surface area contributed by atoms with Crippen LogP contribution in [-0.4, -0.2) is 28.8 Å². The average molecular weight is 243 g/mol. The van der Waals surface area contributed by atoms with Crippen molar-refractivity contribution in [3.63, 3.8) is 0 Å². The standard InChI is InChI=1S/C10H14NO4P/c12-16(13,14)10-7-15-6-9(11-10)8-4-2-1-3-5-8/h1-5,9-11H,6-7H2,(H2,12,13,14)/t9-,10-/m1/s1. The highest BCUT2D eigenvalue weighted by atomic mass is 31.2. The molecule has 0 unspecified atom stereocenters. The molecule has 0 amide bonds. The van der Waals surface area contributed by atoms with Crippen molar-refractivity contribution in [2.45, 2.75) is 11.8 Å². The first-order valence-corrected chi connectivity index (χ1v) is 6.69. The molecule has 1 aromatic rings. The van der Waals surface area contributed by atoms with Crippen LogP contribution in [0.3, 0.4) is 0 Å². The molecular formula is C10H14NO4P. The smallest absolute Gasteiger partial charge is 0.344 e. The van der Waals surface area contributed by atoms with Crippen molar-refractivity contribution in [2.75, 3.05) is 13.2 Å². The van der Waals surface area contributed by atoms with Gasteiger partial charge in [0.25, 0.3) is 0 Å². The van der Waals surface area contributed by atoms with E-state index in [2.05, 4.69) is 5.32 Å². The summed E-state index contributed by atoms with van der Waals surface area (Å²) in [7, 11) is -4.14. The number of morpholine rings is 1. The van der Waals surface area contributed by atoms with Crippen molar-refractivity contribution in [1.82, 2.24) is 5.32 Å². The first kappa shape index (κ1) is 11.8. The minimum Gasteiger partial charge on any atom is -0.377 e. The summed E-state index contributed by atoms with van der Waals surface area (Å²) in [4.78, 5) is 18.2. The summed E-state index contributed by atoms with van der Waals surface area (Å²) in [5.74, 6) is -0.911. The van der Waals surface area contributed by atoms with Gasteiger partial charge in [0.15, 0.2) is 0 Å². The molecule has 1 fully saturated rings. The number of hydrogen-bond donors (Lipinski definition) is 3. The second-order valence-corrected chi connectivity index (χ2v) is 5.57. The van der Waals surface area contributed by atoms with E-state index >= 15 is 0 Å². The normalized spacial score (nSPS) is 26.6. The molecule has 0 aromatic heterocycles. The highest BCUT2D eigenvalue weighted by Crippen LogP contribution is 2.42. The molecule has 1 heterocycles. The zero-order valence-corrected chi connectivity index (χ0v) is 9.51. The molecule has 0 radical (unpaired) electrons. The van der Waals surface area contributed by atoms with Crippen LogP contribution in [0.1, 0.15) is 11.6 Å².